The average Bonchev–Trinajstić information content (AvgIpc) is 2.25. The zero-order valence-corrected chi connectivity index (χ0v) is 8.87. The van der Waals surface area contributed by atoms with Gasteiger partial charge >= 0.3 is 0 Å². The number of benzene rings is 1. The summed E-state index contributed by atoms with van der Waals surface area (Å²) in [7, 11) is 1.50. The Balaban J connectivity index is 2.88. The predicted molar refractivity (Wildman–Crippen MR) is 55.1 cm³/mol. The van der Waals surface area contributed by atoms with Gasteiger partial charge in [0, 0.05) is 0 Å². The first kappa shape index (κ1) is 11.8. The van der Waals surface area contributed by atoms with Crippen LogP contribution >= 0.6 is 0 Å². The minimum absolute atomic E-state index is 0.00435. The van der Waals surface area contributed by atoms with Crippen molar-refractivity contribution in [2.75, 3.05) is 20.4 Å². The number of hydrogen-bond donors (Lipinski definition) is 1. The monoisotopic (exact) mass is 214 g/mol. The molecule has 1 unspecified atom stereocenters. The largest absolute Gasteiger partial charge is 0.493 e. The van der Waals surface area contributed by atoms with Gasteiger partial charge in [-0.1, -0.05) is 6.07 Å². The van der Waals surface area contributed by atoms with Gasteiger partial charge < -0.3 is 14.6 Å². The lowest BCUT2D eigenvalue weighted by molar-refractivity contribution is 0.198. The number of aliphatic hydroxyl groups is 1. The van der Waals surface area contributed by atoms with Crippen LogP contribution in [0, 0.1) is 0 Å². The van der Waals surface area contributed by atoms with Crippen molar-refractivity contribution < 1.29 is 19.0 Å². The molecule has 0 saturated heterocycles. The van der Waals surface area contributed by atoms with Crippen LogP contribution in [-0.2, 0) is 0 Å². The molecule has 0 spiro atoms. The lowest BCUT2D eigenvalue weighted by Gasteiger charge is -2.12. The Morgan fingerprint density at radius 2 is 2.13 bits per heavy atom. The topological polar surface area (TPSA) is 38.7 Å². The summed E-state index contributed by atoms with van der Waals surface area (Å²) in [6, 6.07) is 5.07. The van der Waals surface area contributed by atoms with Crippen LogP contribution in [0.4, 0.5) is 4.39 Å². The highest BCUT2D eigenvalue weighted by Gasteiger charge is 2.08. The van der Waals surface area contributed by atoms with Crippen LogP contribution in [-0.4, -0.2) is 25.5 Å². The molecular weight excluding hydrogens is 199 g/mol. The Kier molecular flexibility index (Phi) is 4.37. The van der Waals surface area contributed by atoms with Crippen molar-refractivity contribution in [3.63, 3.8) is 0 Å². The molecule has 0 amide bonds. The summed E-state index contributed by atoms with van der Waals surface area (Å²) in [5, 5.41) is 9.35. The molecule has 0 heterocycles. The first-order chi connectivity index (χ1) is 7.19. The molecule has 1 rings (SSSR count). The summed E-state index contributed by atoms with van der Waals surface area (Å²) in [4.78, 5) is 0. The first-order valence-electron chi connectivity index (χ1n) is 4.73. The smallest absolute Gasteiger partial charge is 0.161 e. The van der Waals surface area contributed by atoms with E-state index < -0.39 is 12.8 Å². The van der Waals surface area contributed by atoms with Crippen molar-refractivity contribution in [3.05, 3.63) is 23.8 Å². The van der Waals surface area contributed by atoms with Gasteiger partial charge in [-0.2, -0.15) is 0 Å². The molecule has 4 heteroatoms. The first-order valence-corrected chi connectivity index (χ1v) is 4.73. The van der Waals surface area contributed by atoms with Gasteiger partial charge in [-0.25, -0.2) is 4.39 Å². The number of hydrogen-bond acceptors (Lipinski definition) is 3. The summed E-state index contributed by atoms with van der Waals surface area (Å²) >= 11 is 0. The molecule has 15 heavy (non-hydrogen) atoms. The molecule has 1 aromatic rings. The number of halogens is 1. The van der Waals surface area contributed by atoms with E-state index in [-0.39, 0.29) is 6.61 Å². The standard InChI is InChI=1S/C11H15FO3/c1-8(13)9-3-4-10(15-6-5-12)11(7-9)14-2/h3-4,7-8,13H,5-6H2,1-2H3. The number of methoxy groups -OCH3 is 1. The summed E-state index contributed by atoms with van der Waals surface area (Å²) in [6.07, 6.45) is -0.561. The molecule has 1 atom stereocenters. The Bertz CT molecular complexity index is 313. The second kappa shape index (κ2) is 5.56. The van der Waals surface area contributed by atoms with E-state index in [1.54, 1.807) is 25.1 Å². The normalized spacial score (nSPS) is 12.3. The van der Waals surface area contributed by atoms with Gasteiger partial charge in [0.25, 0.3) is 0 Å². The Morgan fingerprint density at radius 3 is 2.67 bits per heavy atom. The molecule has 0 saturated carbocycles. The third-order valence-corrected chi connectivity index (χ3v) is 2.00. The van der Waals surface area contributed by atoms with Crippen LogP contribution < -0.4 is 9.47 Å². The number of ether oxygens (including phenoxy) is 2. The van der Waals surface area contributed by atoms with Gasteiger partial charge in [-0.15, -0.1) is 0 Å². The highest BCUT2D eigenvalue weighted by Crippen LogP contribution is 2.30. The Morgan fingerprint density at radius 1 is 1.40 bits per heavy atom. The SMILES string of the molecule is COc1cc(C(C)O)ccc1OCCF. The van der Waals surface area contributed by atoms with Gasteiger partial charge in [-0.3, -0.25) is 0 Å². The highest BCUT2D eigenvalue weighted by atomic mass is 19.1. The summed E-state index contributed by atoms with van der Waals surface area (Å²) in [6.45, 7) is 1.13. The number of aliphatic hydroxyl groups excluding tert-OH is 1. The molecule has 84 valence electrons. The van der Waals surface area contributed by atoms with Crippen LogP contribution in [0.3, 0.4) is 0 Å². The van der Waals surface area contributed by atoms with Crippen molar-refractivity contribution in [2.45, 2.75) is 13.0 Å². The third-order valence-electron chi connectivity index (χ3n) is 2.00. The van der Waals surface area contributed by atoms with E-state index in [0.717, 1.165) is 5.56 Å². The summed E-state index contributed by atoms with van der Waals surface area (Å²) in [5.74, 6) is 0.987. The van der Waals surface area contributed by atoms with E-state index in [1.807, 2.05) is 0 Å². The molecule has 1 aromatic carbocycles. The van der Waals surface area contributed by atoms with E-state index in [9.17, 15) is 9.50 Å². The van der Waals surface area contributed by atoms with Gasteiger partial charge in [-0.05, 0) is 24.6 Å². The van der Waals surface area contributed by atoms with Gasteiger partial charge in [0.15, 0.2) is 11.5 Å². The van der Waals surface area contributed by atoms with Crippen molar-refractivity contribution in [3.8, 4) is 11.5 Å². The molecule has 0 aromatic heterocycles. The molecule has 3 nitrogen and oxygen atoms in total. The van der Waals surface area contributed by atoms with Crippen molar-refractivity contribution in [1.82, 2.24) is 0 Å². The molecule has 0 radical (unpaired) electrons. The minimum atomic E-state index is -0.561. The summed E-state index contributed by atoms with van der Waals surface area (Å²) in [5.41, 5.74) is 0.736. The Labute approximate surface area is 88.4 Å². The molecule has 0 aliphatic rings. The third kappa shape index (κ3) is 3.09. The van der Waals surface area contributed by atoms with E-state index in [0.29, 0.717) is 11.5 Å². The van der Waals surface area contributed by atoms with Gasteiger partial charge in [0.2, 0.25) is 0 Å². The maximum Gasteiger partial charge on any atom is 0.161 e. The average molecular weight is 214 g/mol. The highest BCUT2D eigenvalue weighted by molar-refractivity contribution is 5.43. The van der Waals surface area contributed by atoms with Gasteiger partial charge in [0.05, 0.1) is 13.2 Å². The maximum atomic E-state index is 11.9. The van der Waals surface area contributed by atoms with E-state index in [1.165, 1.54) is 7.11 Å². The molecule has 0 fully saturated rings. The lowest BCUT2D eigenvalue weighted by Crippen LogP contribution is -2.01. The van der Waals surface area contributed by atoms with Crippen molar-refractivity contribution in [2.24, 2.45) is 0 Å². The lowest BCUT2D eigenvalue weighted by atomic mass is 10.1. The van der Waals surface area contributed by atoms with Crippen LogP contribution in [0.5, 0.6) is 11.5 Å². The molecule has 0 bridgehead atoms. The van der Waals surface area contributed by atoms with Gasteiger partial charge in [0.1, 0.15) is 13.3 Å². The van der Waals surface area contributed by atoms with E-state index >= 15 is 0 Å². The van der Waals surface area contributed by atoms with E-state index in [2.05, 4.69) is 0 Å². The molecule has 0 aliphatic heterocycles. The second-order valence-electron chi connectivity index (χ2n) is 3.12. The number of rotatable bonds is 5. The predicted octanol–water partition coefficient (Wildman–Crippen LogP) is 2.10. The zero-order valence-electron chi connectivity index (χ0n) is 8.87. The fourth-order valence-electron chi connectivity index (χ4n) is 1.21. The van der Waals surface area contributed by atoms with Crippen LogP contribution in [0.15, 0.2) is 18.2 Å². The second-order valence-corrected chi connectivity index (χ2v) is 3.12. The zero-order chi connectivity index (χ0) is 11.3. The van der Waals surface area contributed by atoms with Crippen molar-refractivity contribution in [1.29, 1.82) is 0 Å². The molecule has 0 aliphatic carbocycles. The summed E-state index contributed by atoms with van der Waals surface area (Å²) < 4.78 is 22.1. The number of alkyl halides is 1. The van der Waals surface area contributed by atoms with Crippen LogP contribution in [0.2, 0.25) is 0 Å². The fourth-order valence-corrected chi connectivity index (χ4v) is 1.21. The molecular formula is C11H15FO3. The van der Waals surface area contributed by atoms with Crippen LogP contribution in [0.1, 0.15) is 18.6 Å². The Hall–Kier alpha value is -1.29. The fraction of sp³-hybridized carbons (Fsp3) is 0.455. The van der Waals surface area contributed by atoms with E-state index in [4.69, 9.17) is 9.47 Å². The molecule has 1 N–H and O–H groups in total. The minimum Gasteiger partial charge on any atom is -0.493 e. The maximum absolute atomic E-state index is 11.9. The quantitative estimate of drug-likeness (QED) is 0.815. The van der Waals surface area contributed by atoms with Crippen molar-refractivity contribution >= 4 is 0 Å². The van der Waals surface area contributed by atoms with Crippen LogP contribution in [0.25, 0.3) is 0 Å².